The minimum absolute atomic E-state index is 0.718. The van der Waals surface area contributed by atoms with Crippen molar-refractivity contribution >= 4 is 11.3 Å². The van der Waals surface area contributed by atoms with Crippen LogP contribution in [0.2, 0.25) is 0 Å². The van der Waals surface area contributed by atoms with E-state index in [2.05, 4.69) is 43.6 Å². The summed E-state index contributed by atoms with van der Waals surface area (Å²) in [5.74, 6) is 0.846. The summed E-state index contributed by atoms with van der Waals surface area (Å²) in [7, 11) is 0. The Morgan fingerprint density at radius 1 is 1.24 bits per heavy atom. The lowest BCUT2D eigenvalue weighted by molar-refractivity contribution is 0.317. The third-order valence-corrected chi connectivity index (χ3v) is 4.54. The monoisotopic (exact) mass is 253 g/mol. The fraction of sp³-hybridized carbons (Fsp3) is 0.733. The average molecular weight is 253 g/mol. The van der Waals surface area contributed by atoms with Crippen molar-refractivity contribution in [1.82, 2.24) is 5.32 Å². The molecule has 1 rings (SSSR count). The lowest BCUT2D eigenvalue weighted by atomic mass is 9.90. The van der Waals surface area contributed by atoms with Crippen LogP contribution in [-0.2, 0) is 6.42 Å². The lowest BCUT2D eigenvalue weighted by Gasteiger charge is -2.26. The molecule has 0 saturated heterocycles. The molecule has 1 N–H and O–H groups in total. The molecule has 0 saturated carbocycles. The second kappa shape index (κ2) is 8.71. The molecule has 0 aliphatic heterocycles. The zero-order chi connectivity index (χ0) is 12.5. The average Bonchev–Trinajstić information content (AvgIpc) is 2.83. The summed E-state index contributed by atoms with van der Waals surface area (Å²) >= 11 is 1.89. The van der Waals surface area contributed by atoms with Gasteiger partial charge in [-0.1, -0.05) is 39.7 Å². The topological polar surface area (TPSA) is 12.0 Å². The van der Waals surface area contributed by atoms with Crippen LogP contribution in [0.25, 0.3) is 0 Å². The lowest BCUT2D eigenvalue weighted by Crippen LogP contribution is -2.35. The molecule has 1 aromatic rings. The van der Waals surface area contributed by atoms with E-state index in [1.807, 2.05) is 11.3 Å². The Morgan fingerprint density at radius 2 is 2.00 bits per heavy atom. The smallest absolute Gasteiger partial charge is 0.00951 e. The molecular formula is C15H27NS. The first-order chi connectivity index (χ1) is 8.31. The van der Waals surface area contributed by atoms with Crippen molar-refractivity contribution in [2.24, 2.45) is 5.92 Å². The van der Waals surface area contributed by atoms with Gasteiger partial charge in [-0.3, -0.25) is 0 Å². The van der Waals surface area contributed by atoms with E-state index in [0.717, 1.165) is 18.5 Å². The highest BCUT2D eigenvalue weighted by molar-refractivity contribution is 7.09. The van der Waals surface area contributed by atoms with Gasteiger partial charge in [0.2, 0.25) is 0 Å². The van der Waals surface area contributed by atoms with Crippen molar-refractivity contribution in [1.29, 1.82) is 0 Å². The van der Waals surface area contributed by atoms with Crippen LogP contribution in [0.15, 0.2) is 17.5 Å². The fourth-order valence-corrected chi connectivity index (χ4v) is 3.33. The molecule has 0 bridgehead atoms. The number of thiophene rings is 1. The van der Waals surface area contributed by atoms with Gasteiger partial charge in [0.25, 0.3) is 0 Å². The van der Waals surface area contributed by atoms with E-state index in [-0.39, 0.29) is 0 Å². The Morgan fingerprint density at radius 3 is 2.53 bits per heavy atom. The number of hydrogen-bond acceptors (Lipinski definition) is 2. The molecule has 98 valence electrons. The van der Waals surface area contributed by atoms with Crippen LogP contribution < -0.4 is 5.32 Å². The van der Waals surface area contributed by atoms with E-state index in [0.29, 0.717) is 0 Å². The highest BCUT2D eigenvalue weighted by Crippen LogP contribution is 2.19. The number of hydrogen-bond donors (Lipinski definition) is 1. The Hall–Kier alpha value is -0.340. The van der Waals surface area contributed by atoms with Crippen LogP contribution in [0.1, 0.15) is 51.3 Å². The molecule has 17 heavy (non-hydrogen) atoms. The van der Waals surface area contributed by atoms with Crippen LogP contribution in [0, 0.1) is 5.92 Å². The van der Waals surface area contributed by atoms with E-state index in [4.69, 9.17) is 0 Å². The van der Waals surface area contributed by atoms with E-state index >= 15 is 0 Å². The van der Waals surface area contributed by atoms with E-state index in [1.165, 1.54) is 37.0 Å². The molecule has 0 aromatic carbocycles. The zero-order valence-corrected chi connectivity index (χ0v) is 12.4. The van der Waals surface area contributed by atoms with E-state index in [1.54, 1.807) is 0 Å². The summed E-state index contributed by atoms with van der Waals surface area (Å²) < 4.78 is 0. The van der Waals surface area contributed by atoms with Crippen LogP contribution >= 0.6 is 11.3 Å². The molecule has 0 aliphatic carbocycles. The Bertz CT molecular complexity index is 264. The summed E-state index contributed by atoms with van der Waals surface area (Å²) in [4.78, 5) is 1.53. The zero-order valence-electron chi connectivity index (χ0n) is 11.5. The molecule has 1 heterocycles. The maximum Gasteiger partial charge on any atom is 0.00951 e. The quantitative estimate of drug-likeness (QED) is 0.684. The molecule has 0 aliphatic rings. The van der Waals surface area contributed by atoms with Crippen molar-refractivity contribution in [3.63, 3.8) is 0 Å². The summed E-state index contributed by atoms with van der Waals surface area (Å²) in [6.07, 6.45) is 6.48. The molecular weight excluding hydrogens is 226 g/mol. The van der Waals surface area contributed by atoms with Gasteiger partial charge in [0.15, 0.2) is 0 Å². The van der Waals surface area contributed by atoms with Crippen LogP contribution in [-0.4, -0.2) is 12.6 Å². The SMILES string of the molecule is CCNC(CCCc1cccs1)C(CC)CC. The third-order valence-electron chi connectivity index (χ3n) is 3.60. The summed E-state index contributed by atoms with van der Waals surface area (Å²) in [5.41, 5.74) is 0. The van der Waals surface area contributed by atoms with E-state index in [9.17, 15) is 0 Å². The molecule has 0 radical (unpaired) electrons. The Labute approximate surface area is 111 Å². The van der Waals surface area contributed by atoms with E-state index < -0.39 is 0 Å². The molecule has 0 fully saturated rings. The van der Waals surface area contributed by atoms with Crippen molar-refractivity contribution in [2.45, 2.75) is 58.9 Å². The maximum absolute atomic E-state index is 3.67. The normalized spacial score (nSPS) is 13.2. The van der Waals surface area contributed by atoms with Crippen molar-refractivity contribution in [3.8, 4) is 0 Å². The van der Waals surface area contributed by atoms with Crippen molar-refractivity contribution < 1.29 is 0 Å². The third kappa shape index (κ3) is 5.22. The Kier molecular flexibility index (Phi) is 7.54. The minimum Gasteiger partial charge on any atom is -0.314 e. The molecule has 1 nitrogen and oxygen atoms in total. The van der Waals surface area contributed by atoms with Gasteiger partial charge in [0.1, 0.15) is 0 Å². The van der Waals surface area contributed by atoms with Gasteiger partial charge in [-0.05, 0) is 43.2 Å². The minimum atomic E-state index is 0.718. The first kappa shape index (κ1) is 14.7. The molecule has 1 aromatic heterocycles. The summed E-state index contributed by atoms with van der Waals surface area (Å²) in [6, 6.07) is 5.13. The largest absolute Gasteiger partial charge is 0.314 e. The summed E-state index contributed by atoms with van der Waals surface area (Å²) in [6.45, 7) is 7.95. The van der Waals surface area contributed by atoms with Gasteiger partial charge in [-0.2, -0.15) is 0 Å². The highest BCUT2D eigenvalue weighted by Gasteiger charge is 2.16. The number of nitrogens with one attached hydrogen (secondary N) is 1. The van der Waals surface area contributed by atoms with Crippen LogP contribution in [0.3, 0.4) is 0 Å². The first-order valence-electron chi connectivity index (χ1n) is 7.07. The molecule has 2 heteroatoms. The molecule has 1 atom stereocenters. The van der Waals surface area contributed by atoms with Gasteiger partial charge in [-0.15, -0.1) is 11.3 Å². The maximum atomic E-state index is 3.67. The van der Waals surface area contributed by atoms with Gasteiger partial charge in [0, 0.05) is 10.9 Å². The predicted molar refractivity (Wildman–Crippen MR) is 78.8 cm³/mol. The number of aryl methyl sites for hydroxylation is 1. The van der Waals surface area contributed by atoms with Gasteiger partial charge >= 0.3 is 0 Å². The van der Waals surface area contributed by atoms with Gasteiger partial charge < -0.3 is 5.32 Å². The standard InChI is InChI=1S/C15H27NS/c1-4-13(5-2)15(16-6-3)11-7-9-14-10-8-12-17-14/h8,10,12-13,15-16H,4-7,9,11H2,1-3H3. The van der Waals surface area contributed by atoms with Gasteiger partial charge in [0.05, 0.1) is 0 Å². The van der Waals surface area contributed by atoms with Crippen LogP contribution in [0.5, 0.6) is 0 Å². The number of rotatable bonds is 9. The second-order valence-corrected chi connectivity index (χ2v) is 5.74. The van der Waals surface area contributed by atoms with Crippen LogP contribution in [0.4, 0.5) is 0 Å². The fourth-order valence-electron chi connectivity index (χ4n) is 2.58. The first-order valence-corrected chi connectivity index (χ1v) is 7.95. The van der Waals surface area contributed by atoms with Crippen molar-refractivity contribution in [2.75, 3.05) is 6.54 Å². The summed E-state index contributed by atoms with van der Waals surface area (Å²) in [5, 5.41) is 5.85. The molecule has 1 unspecified atom stereocenters. The van der Waals surface area contributed by atoms with Crippen molar-refractivity contribution in [3.05, 3.63) is 22.4 Å². The second-order valence-electron chi connectivity index (χ2n) is 4.71. The Balaban J connectivity index is 2.33. The van der Waals surface area contributed by atoms with Gasteiger partial charge in [-0.25, -0.2) is 0 Å². The molecule has 0 amide bonds. The molecule has 0 spiro atoms. The highest BCUT2D eigenvalue weighted by atomic mass is 32.1. The predicted octanol–water partition coefficient (Wildman–Crippen LogP) is 4.49.